The SMILES string of the molecule is CCCC1OC1COCCCc1ccc(OCc2ccccc2)cc1. The molecule has 1 aliphatic rings. The molecule has 1 heterocycles. The summed E-state index contributed by atoms with van der Waals surface area (Å²) in [7, 11) is 0. The molecule has 0 aromatic heterocycles. The Morgan fingerprint density at radius 1 is 0.920 bits per heavy atom. The third kappa shape index (κ3) is 6.18. The van der Waals surface area contributed by atoms with Crippen LogP contribution in [-0.2, 0) is 22.5 Å². The number of hydrogen-bond donors (Lipinski definition) is 0. The molecule has 0 amide bonds. The number of benzene rings is 2. The van der Waals surface area contributed by atoms with Crippen molar-refractivity contribution >= 4 is 0 Å². The van der Waals surface area contributed by atoms with Crippen LogP contribution in [0.25, 0.3) is 0 Å². The van der Waals surface area contributed by atoms with E-state index in [1.54, 1.807) is 0 Å². The van der Waals surface area contributed by atoms with Gasteiger partial charge in [-0.1, -0.05) is 55.8 Å². The van der Waals surface area contributed by atoms with Gasteiger partial charge in [-0.25, -0.2) is 0 Å². The van der Waals surface area contributed by atoms with Crippen LogP contribution >= 0.6 is 0 Å². The first kappa shape index (κ1) is 18.0. The van der Waals surface area contributed by atoms with Gasteiger partial charge in [-0.15, -0.1) is 0 Å². The van der Waals surface area contributed by atoms with E-state index in [-0.39, 0.29) is 0 Å². The van der Waals surface area contributed by atoms with E-state index in [1.165, 1.54) is 17.5 Å². The van der Waals surface area contributed by atoms with Crippen molar-refractivity contribution in [2.75, 3.05) is 13.2 Å². The summed E-state index contributed by atoms with van der Waals surface area (Å²) >= 11 is 0. The quantitative estimate of drug-likeness (QED) is 0.435. The summed E-state index contributed by atoms with van der Waals surface area (Å²) < 4.78 is 17.1. The van der Waals surface area contributed by atoms with Crippen LogP contribution in [0.2, 0.25) is 0 Å². The molecule has 2 aromatic rings. The Kier molecular flexibility index (Phi) is 6.89. The lowest BCUT2D eigenvalue weighted by atomic mass is 10.1. The van der Waals surface area contributed by atoms with E-state index < -0.39 is 0 Å². The van der Waals surface area contributed by atoms with Crippen LogP contribution in [0.5, 0.6) is 5.75 Å². The second kappa shape index (κ2) is 9.59. The normalized spacial score (nSPS) is 18.9. The average Bonchev–Trinajstić information content (AvgIpc) is 3.40. The molecule has 134 valence electrons. The highest BCUT2D eigenvalue weighted by molar-refractivity contribution is 5.27. The Hall–Kier alpha value is -1.84. The summed E-state index contributed by atoms with van der Waals surface area (Å²) in [5.41, 5.74) is 2.51. The molecule has 1 fully saturated rings. The van der Waals surface area contributed by atoms with Gasteiger partial charge in [-0.2, -0.15) is 0 Å². The molecule has 2 unspecified atom stereocenters. The van der Waals surface area contributed by atoms with E-state index >= 15 is 0 Å². The fourth-order valence-electron chi connectivity index (χ4n) is 2.94. The molecule has 3 heteroatoms. The molecule has 0 saturated carbocycles. The predicted molar refractivity (Wildman–Crippen MR) is 99.9 cm³/mol. The van der Waals surface area contributed by atoms with Gasteiger partial charge in [0.1, 0.15) is 18.5 Å². The summed E-state index contributed by atoms with van der Waals surface area (Å²) in [4.78, 5) is 0. The van der Waals surface area contributed by atoms with E-state index in [9.17, 15) is 0 Å². The first-order valence-corrected chi connectivity index (χ1v) is 9.34. The molecule has 2 aromatic carbocycles. The Morgan fingerprint density at radius 3 is 2.48 bits per heavy atom. The lowest BCUT2D eigenvalue weighted by Crippen LogP contribution is -2.06. The lowest BCUT2D eigenvalue weighted by molar-refractivity contribution is 0.114. The highest BCUT2D eigenvalue weighted by Crippen LogP contribution is 2.26. The standard InChI is InChI=1S/C22H28O3/c1-2-7-21-22(25-21)17-23-15-6-10-18-11-13-20(14-12-18)24-16-19-8-4-3-5-9-19/h3-5,8-9,11-14,21-22H,2,6-7,10,15-17H2,1H3. The summed E-state index contributed by atoms with van der Waals surface area (Å²) in [6.45, 7) is 4.34. The Bertz CT molecular complexity index is 609. The first-order valence-electron chi connectivity index (χ1n) is 9.34. The maximum absolute atomic E-state index is 5.81. The van der Waals surface area contributed by atoms with Gasteiger partial charge in [-0.3, -0.25) is 0 Å². The number of epoxide rings is 1. The summed E-state index contributed by atoms with van der Waals surface area (Å²) in [5, 5.41) is 0. The number of hydrogen-bond acceptors (Lipinski definition) is 3. The van der Waals surface area contributed by atoms with Crippen molar-refractivity contribution in [2.24, 2.45) is 0 Å². The molecule has 0 N–H and O–H groups in total. The fraction of sp³-hybridized carbons (Fsp3) is 0.455. The van der Waals surface area contributed by atoms with E-state index in [2.05, 4.69) is 31.2 Å². The fourth-order valence-corrected chi connectivity index (χ4v) is 2.94. The van der Waals surface area contributed by atoms with Gasteiger partial charge in [0.2, 0.25) is 0 Å². The number of ether oxygens (including phenoxy) is 3. The second-order valence-corrected chi connectivity index (χ2v) is 6.60. The molecule has 0 spiro atoms. The summed E-state index contributed by atoms with van der Waals surface area (Å²) in [6.07, 6.45) is 5.21. The van der Waals surface area contributed by atoms with Crippen LogP contribution in [0.15, 0.2) is 54.6 Å². The van der Waals surface area contributed by atoms with Crippen molar-refractivity contribution < 1.29 is 14.2 Å². The van der Waals surface area contributed by atoms with Gasteiger partial charge in [0, 0.05) is 6.61 Å². The molecule has 0 bridgehead atoms. The molecule has 3 nitrogen and oxygen atoms in total. The van der Waals surface area contributed by atoms with Crippen molar-refractivity contribution in [3.8, 4) is 5.75 Å². The van der Waals surface area contributed by atoms with E-state index in [4.69, 9.17) is 14.2 Å². The van der Waals surface area contributed by atoms with Crippen LogP contribution in [0.4, 0.5) is 0 Å². The Morgan fingerprint density at radius 2 is 1.72 bits per heavy atom. The summed E-state index contributed by atoms with van der Waals surface area (Å²) in [6, 6.07) is 18.6. The monoisotopic (exact) mass is 340 g/mol. The predicted octanol–water partition coefficient (Wildman–Crippen LogP) is 4.78. The van der Waals surface area contributed by atoms with Crippen molar-refractivity contribution in [3.05, 3.63) is 65.7 Å². The maximum atomic E-state index is 5.81. The van der Waals surface area contributed by atoms with Crippen LogP contribution < -0.4 is 4.74 Å². The van der Waals surface area contributed by atoms with Crippen LogP contribution in [-0.4, -0.2) is 25.4 Å². The van der Waals surface area contributed by atoms with Crippen molar-refractivity contribution in [2.45, 2.75) is 51.4 Å². The van der Waals surface area contributed by atoms with Gasteiger partial charge in [0.25, 0.3) is 0 Å². The largest absolute Gasteiger partial charge is 0.489 e. The van der Waals surface area contributed by atoms with Crippen molar-refractivity contribution in [1.82, 2.24) is 0 Å². The number of rotatable bonds is 11. The van der Waals surface area contributed by atoms with Gasteiger partial charge < -0.3 is 14.2 Å². The molecule has 1 saturated heterocycles. The minimum Gasteiger partial charge on any atom is -0.489 e. The molecule has 25 heavy (non-hydrogen) atoms. The van der Waals surface area contributed by atoms with Crippen LogP contribution in [0.3, 0.4) is 0 Å². The Labute approximate surface area is 150 Å². The van der Waals surface area contributed by atoms with Crippen molar-refractivity contribution in [1.29, 1.82) is 0 Å². The third-order valence-electron chi connectivity index (χ3n) is 4.47. The van der Waals surface area contributed by atoms with Gasteiger partial charge in [-0.05, 0) is 42.5 Å². The lowest BCUT2D eigenvalue weighted by Gasteiger charge is -2.07. The zero-order chi connectivity index (χ0) is 17.3. The molecular weight excluding hydrogens is 312 g/mol. The van der Waals surface area contributed by atoms with E-state index in [0.29, 0.717) is 18.8 Å². The average molecular weight is 340 g/mol. The second-order valence-electron chi connectivity index (χ2n) is 6.60. The third-order valence-corrected chi connectivity index (χ3v) is 4.47. The van der Waals surface area contributed by atoms with E-state index in [0.717, 1.165) is 38.2 Å². The smallest absolute Gasteiger partial charge is 0.119 e. The Balaban J connectivity index is 1.29. The number of aryl methyl sites for hydroxylation is 1. The maximum Gasteiger partial charge on any atom is 0.119 e. The first-order chi connectivity index (χ1) is 12.3. The van der Waals surface area contributed by atoms with Gasteiger partial charge >= 0.3 is 0 Å². The molecule has 3 rings (SSSR count). The van der Waals surface area contributed by atoms with Crippen LogP contribution in [0, 0.1) is 0 Å². The molecule has 1 aliphatic heterocycles. The molecular formula is C22H28O3. The van der Waals surface area contributed by atoms with E-state index in [1.807, 2.05) is 30.3 Å². The zero-order valence-corrected chi connectivity index (χ0v) is 15.0. The molecule has 0 radical (unpaired) electrons. The van der Waals surface area contributed by atoms with Crippen molar-refractivity contribution in [3.63, 3.8) is 0 Å². The topological polar surface area (TPSA) is 31.0 Å². The van der Waals surface area contributed by atoms with Gasteiger partial charge in [0.05, 0.1) is 12.7 Å². The van der Waals surface area contributed by atoms with Gasteiger partial charge in [0.15, 0.2) is 0 Å². The zero-order valence-electron chi connectivity index (χ0n) is 15.0. The minimum absolute atomic E-state index is 0.348. The molecule has 2 atom stereocenters. The molecule has 0 aliphatic carbocycles. The highest BCUT2D eigenvalue weighted by Gasteiger charge is 2.37. The highest BCUT2D eigenvalue weighted by atomic mass is 16.6. The van der Waals surface area contributed by atoms with Crippen LogP contribution in [0.1, 0.15) is 37.3 Å². The minimum atomic E-state index is 0.348. The summed E-state index contributed by atoms with van der Waals surface area (Å²) in [5.74, 6) is 0.914.